The predicted molar refractivity (Wildman–Crippen MR) is 40.5 cm³/mol. The van der Waals surface area contributed by atoms with E-state index in [1.165, 1.54) is 5.70 Å². The summed E-state index contributed by atoms with van der Waals surface area (Å²) in [5.74, 6) is 0. The molecular weight excluding hydrogens is 140 g/mol. The fourth-order valence-corrected chi connectivity index (χ4v) is 1.32. The van der Waals surface area contributed by atoms with Gasteiger partial charge in [-0.1, -0.05) is 5.16 Å². The molecule has 54 valence electrons. The molecule has 0 bridgehead atoms. The lowest BCUT2D eigenvalue weighted by molar-refractivity contribution is 0.187. The van der Waals surface area contributed by atoms with Crippen molar-refractivity contribution in [1.82, 2.24) is 4.90 Å². The van der Waals surface area contributed by atoms with Crippen molar-refractivity contribution in [2.45, 2.75) is 0 Å². The van der Waals surface area contributed by atoms with Crippen LogP contribution < -0.4 is 0 Å². The fraction of sp³-hybridized carbons (Fsp3) is 0.125. The van der Waals surface area contributed by atoms with Crippen molar-refractivity contribution >= 4 is 5.71 Å². The Morgan fingerprint density at radius 3 is 3.36 bits per heavy atom. The summed E-state index contributed by atoms with van der Waals surface area (Å²) in [4.78, 5) is 7.01. The molecule has 0 saturated heterocycles. The summed E-state index contributed by atoms with van der Waals surface area (Å²) >= 11 is 0. The molecule has 0 aromatic carbocycles. The number of oxime groups is 1. The minimum absolute atomic E-state index is 0.615. The molecule has 3 aliphatic heterocycles. The van der Waals surface area contributed by atoms with Crippen molar-refractivity contribution in [2.75, 3.05) is 6.61 Å². The van der Waals surface area contributed by atoms with E-state index in [-0.39, 0.29) is 0 Å². The lowest BCUT2D eigenvalue weighted by Gasteiger charge is -2.28. The van der Waals surface area contributed by atoms with Crippen LogP contribution in [-0.2, 0) is 4.84 Å². The molecular formula is C8H6N2O. The van der Waals surface area contributed by atoms with Gasteiger partial charge in [0, 0.05) is 23.7 Å². The average Bonchev–Trinajstić information content (AvgIpc) is 2.40. The molecule has 0 atom stereocenters. The zero-order valence-electron chi connectivity index (χ0n) is 5.82. The van der Waals surface area contributed by atoms with E-state index in [0.29, 0.717) is 6.61 Å². The van der Waals surface area contributed by atoms with E-state index in [0.717, 1.165) is 11.3 Å². The van der Waals surface area contributed by atoms with Crippen LogP contribution in [0.2, 0.25) is 0 Å². The number of hydrogen-bond donors (Lipinski definition) is 0. The first-order valence-corrected chi connectivity index (χ1v) is 3.53. The van der Waals surface area contributed by atoms with Gasteiger partial charge in [0.25, 0.3) is 0 Å². The second-order valence-electron chi connectivity index (χ2n) is 2.70. The smallest absolute Gasteiger partial charge is 0.145 e. The van der Waals surface area contributed by atoms with Gasteiger partial charge in [-0.15, -0.1) is 0 Å². The van der Waals surface area contributed by atoms with Gasteiger partial charge in [-0.3, -0.25) is 0 Å². The van der Waals surface area contributed by atoms with E-state index in [1.54, 1.807) is 0 Å². The Kier molecular flexibility index (Phi) is 0.733. The molecule has 3 heteroatoms. The van der Waals surface area contributed by atoms with Crippen LogP contribution in [0.25, 0.3) is 0 Å². The van der Waals surface area contributed by atoms with Gasteiger partial charge in [-0.05, 0) is 12.2 Å². The standard InChI is InChI=1S/C8H6N2O/c1-2-10-4-6-5-11-9-8(6)3-7(1)10/h1-4H,5H2. The normalized spacial score (nSPS) is 24.0. The van der Waals surface area contributed by atoms with Crippen molar-refractivity contribution in [3.05, 3.63) is 35.8 Å². The summed E-state index contributed by atoms with van der Waals surface area (Å²) < 4.78 is 0. The first kappa shape index (κ1) is 5.18. The van der Waals surface area contributed by atoms with Gasteiger partial charge in [0.15, 0.2) is 0 Å². The van der Waals surface area contributed by atoms with Crippen molar-refractivity contribution in [2.24, 2.45) is 5.16 Å². The Morgan fingerprint density at radius 1 is 1.55 bits per heavy atom. The molecule has 3 rings (SSSR count). The van der Waals surface area contributed by atoms with Crippen LogP contribution in [0.15, 0.2) is 41.0 Å². The van der Waals surface area contributed by atoms with E-state index in [9.17, 15) is 0 Å². The maximum atomic E-state index is 4.94. The first-order valence-electron chi connectivity index (χ1n) is 3.53. The molecule has 0 aromatic heterocycles. The Hall–Kier alpha value is -1.51. The summed E-state index contributed by atoms with van der Waals surface area (Å²) in [6, 6.07) is 0. The van der Waals surface area contributed by atoms with E-state index in [1.807, 2.05) is 18.4 Å². The predicted octanol–water partition coefficient (Wildman–Crippen LogP) is 0.983. The maximum Gasteiger partial charge on any atom is 0.145 e. The van der Waals surface area contributed by atoms with Crippen LogP contribution in [-0.4, -0.2) is 17.2 Å². The van der Waals surface area contributed by atoms with Crippen molar-refractivity contribution in [1.29, 1.82) is 0 Å². The molecule has 0 saturated carbocycles. The van der Waals surface area contributed by atoms with Crippen LogP contribution >= 0.6 is 0 Å². The average molecular weight is 146 g/mol. The Labute approximate surface area is 63.9 Å². The molecule has 0 spiro atoms. The van der Waals surface area contributed by atoms with Gasteiger partial charge in [0.2, 0.25) is 0 Å². The number of nitrogens with zero attached hydrogens (tertiary/aromatic N) is 2. The highest BCUT2D eigenvalue weighted by atomic mass is 16.6. The number of rotatable bonds is 0. The SMILES string of the molecule is C1=CN2C=C3CON=C3C=C12. The van der Waals surface area contributed by atoms with Gasteiger partial charge in [-0.2, -0.15) is 0 Å². The highest BCUT2D eigenvalue weighted by Gasteiger charge is 2.23. The van der Waals surface area contributed by atoms with Gasteiger partial charge in [0.1, 0.15) is 12.3 Å². The molecule has 0 unspecified atom stereocenters. The summed E-state index contributed by atoms with van der Waals surface area (Å²) in [5.41, 5.74) is 3.33. The summed E-state index contributed by atoms with van der Waals surface area (Å²) in [5, 5.41) is 3.89. The minimum Gasteiger partial charge on any atom is -0.390 e. The van der Waals surface area contributed by atoms with Gasteiger partial charge >= 0.3 is 0 Å². The monoisotopic (exact) mass is 146 g/mol. The van der Waals surface area contributed by atoms with Crippen LogP contribution in [0.3, 0.4) is 0 Å². The Morgan fingerprint density at radius 2 is 2.55 bits per heavy atom. The highest BCUT2D eigenvalue weighted by molar-refractivity contribution is 6.10. The second kappa shape index (κ2) is 1.56. The molecule has 0 aromatic rings. The van der Waals surface area contributed by atoms with E-state index in [2.05, 4.69) is 16.3 Å². The molecule has 0 aliphatic carbocycles. The van der Waals surface area contributed by atoms with Crippen LogP contribution in [0.5, 0.6) is 0 Å². The molecule has 3 heterocycles. The van der Waals surface area contributed by atoms with Crippen molar-refractivity contribution in [3.63, 3.8) is 0 Å². The van der Waals surface area contributed by atoms with E-state index < -0.39 is 0 Å². The van der Waals surface area contributed by atoms with Gasteiger partial charge in [0.05, 0.1) is 0 Å². The van der Waals surface area contributed by atoms with E-state index >= 15 is 0 Å². The second-order valence-corrected chi connectivity index (χ2v) is 2.70. The van der Waals surface area contributed by atoms with Gasteiger partial charge in [-0.25, -0.2) is 0 Å². The lowest BCUT2D eigenvalue weighted by atomic mass is 10.1. The Balaban J connectivity index is 2.14. The zero-order chi connectivity index (χ0) is 7.26. The molecule has 0 radical (unpaired) electrons. The lowest BCUT2D eigenvalue weighted by Crippen LogP contribution is -2.22. The van der Waals surface area contributed by atoms with Crippen molar-refractivity contribution in [3.8, 4) is 0 Å². The summed E-state index contributed by atoms with van der Waals surface area (Å²) in [6.07, 6.45) is 8.16. The first-order chi connectivity index (χ1) is 5.43. The molecule has 3 nitrogen and oxygen atoms in total. The fourth-order valence-electron chi connectivity index (χ4n) is 1.32. The quantitative estimate of drug-likeness (QED) is 0.509. The minimum atomic E-state index is 0.615. The molecule has 0 fully saturated rings. The van der Waals surface area contributed by atoms with E-state index in [4.69, 9.17) is 4.84 Å². The highest BCUT2D eigenvalue weighted by Crippen LogP contribution is 2.26. The third-order valence-electron chi connectivity index (χ3n) is 2.00. The molecule has 3 aliphatic rings. The number of hydrogen-bond acceptors (Lipinski definition) is 3. The zero-order valence-corrected chi connectivity index (χ0v) is 5.82. The summed E-state index contributed by atoms with van der Waals surface area (Å²) in [6.45, 7) is 0.615. The van der Waals surface area contributed by atoms with Crippen LogP contribution in [0.1, 0.15) is 0 Å². The summed E-state index contributed by atoms with van der Waals surface area (Å²) in [7, 11) is 0. The topological polar surface area (TPSA) is 24.8 Å². The third kappa shape index (κ3) is 0.550. The largest absolute Gasteiger partial charge is 0.390 e. The third-order valence-corrected chi connectivity index (χ3v) is 2.00. The Bertz CT molecular complexity index is 336. The molecule has 0 N–H and O–H groups in total. The number of allylic oxidation sites excluding steroid dienone is 2. The van der Waals surface area contributed by atoms with Crippen LogP contribution in [0.4, 0.5) is 0 Å². The molecule has 0 amide bonds. The maximum absolute atomic E-state index is 4.94. The molecule has 11 heavy (non-hydrogen) atoms. The van der Waals surface area contributed by atoms with Crippen LogP contribution in [0, 0.1) is 0 Å². The number of fused-ring (bicyclic) bond motifs is 2. The van der Waals surface area contributed by atoms with Crippen molar-refractivity contribution < 1.29 is 4.84 Å². The van der Waals surface area contributed by atoms with Gasteiger partial charge < -0.3 is 9.74 Å².